The zero-order valence-corrected chi connectivity index (χ0v) is 16.0. The molecule has 0 heterocycles. The Balaban J connectivity index is 1.89. The lowest BCUT2D eigenvalue weighted by Crippen LogP contribution is -2.30. The second-order valence-electron chi connectivity index (χ2n) is 5.77. The molecule has 2 amide bonds. The molecule has 0 spiro atoms. The van der Waals surface area contributed by atoms with E-state index >= 15 is 0 Å². The van der Waals surface area contributed by atoms with E-state index in [0.717, 1.165) is 11.3 Å². The van der Waals surface area contributed by atoms with Crippen LogP contribution in [0.3, 0.4) is 0 Å². The Morgan fingerprint density at radius 3 is 2.52 bits per heavy atom. The van der Waals surface area contributed by atoms with Gasteiger partial charge in [0.2, 0.25) is 5.91 Å². The van der Waals surface area contributed by atoms with Gasteiger partial charge in [-0.25, -0.2) is 0 Å². The molecule has 142 valence electrons. The van der Waals surface area contributed by atoms with Gasteiger partial charge in [-0.2, -0.15) is 0 Å². The zero-order chi connectivity index (χ0) is 19.6. The summed E-state index contributed by atoms with van der Waals surface area (Å²) in [5, 5.41) is 5.03. The molecule has 0 bridgehead atoms. The van der Waals surface area contributed by atoms with Crippen LogP contribution >= 0.6 is 11.8 Å². The van der Waals surface area contributed by atoms with Crippen LogP contribution in [0.25, 0.3) is 0 Å². The Kier molecular flexibility index (Phi) is 7.88. The first-order valence-corrected chi connectivity index (χ1v) is 9.46. The number of hydrogen-bond acceptors (Lipinski definition) is 5. The summed E-state index contributed by atoms with van der Waals surface area (Å²) >= 11 is 1.54. The number of carbonyl (C=O) groups is 3. The van der Waals surface area contributed by atoms with E-state index in [1.165, 1.54) is 18.9 Å². The van der Waals surface area contributed by atoms with Crippen molar-refractivity contribution >= 4 is 35.2 Å². The number of methoxy groups -OCH3 is 1. The Bertz CT molecular complexity index is 796. The van der Waals surface area contributed by atoms with Gasteiger partial charge in [0.05, 0.1) is 12.4 Å². The van der Waals surface area contributed by atoms with Gasteiger partial charge < -0.3 is 15.4 Å². The van der Waals surface area contributed by atoms with Crippen molar-refractivity contribution in [3.8, 4) is 0 Å². The molecule has 6 nitrogen and oxygen atoms in total. The minimum atomic E-state index is -0.530. The first-order valence-electron chi connectivity index (χ1n) is 8.41. The van der Waals surface area contributed by atoms with Gasteiger partial charge in [0.25, 0.3) is 5.91 Å². The normalized spacial score (nSPS) is 11.3. The molecular formula is C20H22N2O4S. The lowest BCUT2D eigenvalue weighted by atomic mass is 10.2. The van der Waals surface area contributed by atoms with Gasteiger partial charge in [-0.05, 0) is 30.7 Å². The lowest BCUT2D eigenvalue weighted by Gasteiger charge is -2.13. The topological polar surface area (TPSA) is 84.5 Å². The largest absolute Gasteiger partial charge is 0.468 e. The SMILES string of the molecule is COC(=O)CNC(=O)c1cccc(NC(=O)C(C)SCc2ccccc2)c1. The first kappa shape index (κ1) is 20.5. The molecule has 1 atom stereocenters. The molecule has 0 radical (unpaired) electrons. The van der Waals surface area contributed by atoms with Crippen molar-refractivity contribution in [2.45, 2.75) is 17.9 Å². The second-order valence-corrected chi connectivity index (χ2v) is 7.10. The highest BCUT2D eigenvalue weighted by Gasteiger charge is 2.15. The van der Waals surface area contributed by atoms with Gasteiger partial charge in [0.15, 0.2) is 0 Å². The van der Waals surface area contributed by atoms with Crippen LogP contribution in [-0.2, 0) is 20.1 Å². The van der Waals surface area contributed by atoms with Crippen LogP contribution in [0.15, 0.2) is 54.6 Å². The molecule has 0 aliphatic heterocycles. The van der Waals surface area contributed by atoms with Gasteiger partial charge in [0, 0.05) is 17.0 Å². The molecular weight excluding hydrogens is 364 g/mol. The highest BCUT2D eigenvalue weighted by Crippen LogP contribution is 2.19. The summed E-state index contributed by atoms with van der Waals surface area (Å²) in [6.45, 7) is 1.63. The summed E-state index contributed by atoms with van der Waals surface area (Å²) in [4.78, 5) is 35.5. The number of carbonyl (C=O) groups excluding carboxylic acids is 3. The lowest BCUT2D eigenvalue weighted by molar-refractivity contribution is -0.139. The van der Waals surface area contributed by atoms with E-state index in [2.05, 4.69) is 15.4 Å². The van der Waals surface area contributed by atoms with Crippen LogP contribution in [0.4, 0.5) is 5.69 Å². The molecule has 0 aliphatic rings. The highest BCUT2D eigenvalue weighted by molar-refractivity contribution is 7.99. The molecule has 7 heteroatoms. The molecule has 2 rings (SSSR count). The summed E-state index contributed by atoms with van der Waals surface area (Å²) in [5.41, 5.74) is 2.03. The maximum Gasteiger partial charge on any atom is 0.325 e. The quantitative estimate of drug-likeness (QED) is 0.682. The van der Waals surface area contributed by atoms with Crippen LogP contribution in [0.5, 0.6) is 0 Å². The smallest absolute Gasteiger partial charge is 0.325 e. The van der Waals surface area contributed by atoms with Crippen molar-refractivity contribution in [3.05, 3.63) is 65.7 Å². The van der Waals surface area contributed by atoms with Crippen molar-refractivity contribution in [1.82, 2.24) is 5.32 Å². The van der Waals surface area contributed by atoms with Crippen molar-refractivity contribution in [1.29, 1.82) is 0 Å². The standard InChI is InChI=1S/C20H22N2O4S/c1-14(27-13-15-7-4-3-5-8-15)19(24)22-17-10-6-9-16(11-17)20(25)21-12-18(23)26-2/h3-11,14H,12-13H2,1-2H3,(H,21,25)(H,22,24). The third kappa shape index (κ3) is 6.79. The van der Waals surface area contributed by atoms with E-state index in [0.29, 0.717) is 11.3 Å². The average molecular weight is 386 g/mol. The maximum absolute atomic E-state index is 12.4. The van der Waals surface area contributed by atoms with Crippen LogP contribution in [-0.4, -0.2) is 36.7 Å². The Morgan fingerprint density at radius 1 is 1.07 bits per heavy atom. The highest BCUT2D eigenvalue weighted by atomic mass is 32.2. The zero-order valence-electron chi connectivity index (χ0n) is 15.2. The Hall–Kier alpha value is -2.80. The minimum absolute atomic E-state index is 0.136. The van der Waals surface area contributed by atoms with Crippen LogP contribution < -0.4 is 10.6 Å². The van der Waals surface area contributed by atoms with E-state index in [4.69, 9.17) is 0 Å². The molecule has 2 N–H and O–H groups in total. The number of ether oxygens (including phenoxy) is 1. The van der Waals surface area contributed by atoms with Crippen LogP contribution in [0.2, 0.25) is 0 Å². The Labute approximate surface area is 162 Å². The van der Waals surface area contributed by atoms with Gasteiger partial charge in [-0.3, -0.25) is 14.4 Å². The monoisotopic (exact) mass is 386 g/mol. The number of amides is 2. The molecule has 0 aromatic heterocycles. The third-order valence-corrected chi connectivity index (χ3v) is 4.94. The predicted molar refractivity (Wildman–Crippen MR) is 107 cm³/mol. The summed E-state index contributed by atoms with van der Waals surface area (Å²) in [7, 11) is 1.25. The molecule has 0 aliphatic carbocycles. The maximum atomic E-state index is 12.4. The predicted octanol–water partition coefficient (Wildman–Crippen LogP) is 2.85. The number of benzene rings is 2. The fourth-order valence-corrected chi connectivity index (χ4v) is 3.03. The van der Waals surface area contributed by atoms with Gasteiger partial charge >= 0.3 is 5.97 Å². The molecule has 1 unspecified atom stereocenters. The third-order valence-electron chi connectivity index (χ3n) is 3.73. The molecule has 0 saturated heterocycles. The minimum Gasteiger partial charge on any atom is -0.468 e. The van der Waals surface area contributed by atoms with E-state index in [-0.39, 0.29) is 17.7 Å². The number of nitrogens with one attached hydrogen (secondary N) is 2. The van der Waals surface area contributed by atoms with Crippen molar-refractivity contribution in [2.75, 3.05) is 19.0 Å². The summed E-state index contributed by atoms with van der Waals surface area (Å²) in [5.74, 6) is -0.339. The Morgan fingerprint density at radius 2 is 1.81 bits per heavy atom. The summed E-state index contributed by atoms with van der Waals surface area (Å²) in [6.07, 6.45) is 0. The van der Waals surface area contributed by atoms with Crippen LogP contribution in [0.1, 0.15) is 22.8 Å². The van der Waals surface area contributed by atoms with Crippen LogP contribution in [0, 0.1) is 0 Å². The van der Waals surface area contributed by atoms with E-state index < -0.39 is 11.9 Å². The fraction of sp³-hybridized carbons (Fsp3) is 0.250. The number of thioether (sulfide) groups is 1. The molecule has 0 fully saturated rings. The average Bonchev–Trinajstić information content (AvgIpc) is 2.70. The number of hydrogen-bond donors (Lipinski definition) is 2. The molecule has 27 heavy (non-hydrogen) atoms. The summed E-state index contributed by atoms with van der Waals surface area (Å²) in [6, 6.07) is 16.5. The van der Waals surface area contributed by atoms with Crippen molar-refractivity contribution in [2.24, 2.45) is 0 Å². The molecule has 2 aromatic rings. The molecule has 2 aromatic carbocycles. The first-order chi connectivity index (χ1) is 13.0. The van der Waals surface area contributed by atoms with E-state index in [1.807, 2.05) is 37.3 Å². The van der Waals surface area contributed by atoms with Gasteiger partial charge in [0.1, 0.15) is 6.54 Å². The van der Waals surface area contributed by atoms with E-state index in [1.54, 1.807) is 24.3 Å². The second kappa shape index (κ2) is 10.4. The van der Waals surface area contributed by atoms with Crippen molar-refractivity contribution < 1.29 is 19.1 Å². The number of esters is 1. The molecule has 0 saturated carbocycles. The van der Waals surface area contributed by atoms with Gasteiger partial charge in [-0.1, -0.05) is 36.4 Å². The fourth-order valence-electron chi connectivity index (χ4n) is 2.18. The number of rotatable bonds is 8. The summed E-state index contributed by atoms with van der Waals surface area (Å²) < 4.78 is 4.48. The van der Waals surface area contributed by atoms with Gasteiger partial charge in [-0.15, -0.1) is 11.8 Å². The van der Waals surface area contributed by atoms with E-state index in [9.17, 15) is 14.4 Å². The number of anilines is 1. The van der Waals surface area contributed by atoms with Crippen molar-refractivity contribution in [3.63, 3.8) is 0 Å².